The van der Waals surface area contributed by atoms with Crippen molar-refractivity contribution in [2.45, 2.75) is 20.0 Å². The third-order valence-electron chi connectivity index (χ3n) is 3.20. The van der Waals surface area contributed by atoms with E-state index in [1.807, 2.05) is 0 Å². The Kier molecular flexibility index (Phi) is 4.40. The molecule has 2 nitrogen and oxygen atoms in total. The monoisotopic (exact) mass is 329 g/mol. The van der Waals surface area contributed by atoms with Gasteiger partial charge in [0.05, 0.1) is 0 Å². The first-order valence-electron chi connectivity index (χ1n) is 6.54. The van der Waals surface area contributed by atoms with Crippen LogP contribution in [-0.2, 0) is 4.79 Å². The van der Waals surface area contributed by atoms with Crippen molar-refractivity contribution >= 4 is 11.6 Å². The molecule has 0 aliphatic carbocycles. The zero-order chi connectivity index (χ0) is 17.4. The number of carbonyl (C=O) groups excluding carboxylic acids is 1. The number of hydrogen-bond donors (Lipinski definition) is 1. The maximum atomic E-state index is 13.3. The van der Waals surface area contributed by atoms with Crippen LogP contribution in [0.5, 0.6) is 0 Å². The van der Waals surface area contributed by atoms with E-state index in [0.29, 0.717) is 16.7 Å². The van der Waals surface area contributed by atoms with Gasteiger partial charge >= 0.3 is 12.1 Å². The average molecular weight is 329 g/mol. The molecule has 2 aromatic carbocycles. The fourth-order valence-corrected chi connectivity index (χ4v) is 2.39. The largest absolute Gasteiger partial charge is 0.471 e. The minimum absolute atomic E-state index is 0.0389. The summed E-state index contributed by atoms with van der Waals surface area (Å²) in [4.78, 5) is 11.0. The summed E-state index contributed by atoms with van der Waals surface area (Å²) in [6.07, 6.45) is -4.99. The van der Waals surface area contributed by atoms with Gasteiger partial charge in [0.25, 0.3) is 0 Å². The first-order valence-corrected chi connectivity index (χ1v) is 6.54. The van der Waals surface area contributed by atoms with Gasteiger partial charge in [0, 0.05) is 11.8 Å². The zero-order valence-electron chi connectivity index (χ0n) is 12.2. The highest BCUT2D eigenvalue weighted by molar-refractivity contribution is 5.95. The third kappa shape index (κ3) is 3.85. The second kappa shape index (κ2) is 5.98. The van der Waals surface area contributed by atoms with Crippen molar-refractivity contribution in [2.75, 3.05) is 5.32 Å². The Balaban J connectivity index is 2.43. The van der Waals surface area contributed by atoms with Crippen molar-refractivity contribution in [1.82, 2.24) is 0 Å². The molecule has 122 valence electrons. The average Bonchev–Trinajstić information content (AvgIpc) is 2.35. The van der Waals surface area contributed by atoms with Crippen LogP contribution >= 0.6 is 0 Å². The van der Waals surface area contributed by atoms with E-state index in [9.17, 15) is 26.7 Å². The number of benzene rings is 2. The van der Waals surface area contributed by atoms with E-state index in [2.05, 4.69) is 0 Å². The molecule has 7 heteroatoms. The van der Waals surface area contributed by atoms with Gasteiger partial charge in [0.2, 0.25) is 0 Å². The highest BCUT2D eigenvalue weighted by Gasteiger charge is 2.38. The molecule has 0 atom stereocenters. The SMILES string of the molecule is Cc1cc(NC(=O)C(F)(F)F)cc(C)c1-c1cc(F)cc(F)c1. The number of nitrogens with one attached hydrogen (secondary N) is 1. The summed E-state index contributed by atoms with van der Waals surface area (Å²) in [6.45, 7) is 3.16. The van der Waals surface area contributed by atoms with Crippen molar-refractivity contribution in [2.24, 2.45) is 0 Å². The second-order valence-electron chi connectivity index (χ2n) is 5.10. The van der Waals surface area contributed by atoms with Gasteiger partial charge in [-0.25, -0.2) is 8.78 Å². The minimum atomic E-state index is -4.99. The number of hydrogen-bond acceptors (Lipinski definition) is 1. The van der Waals surface area contributed by atoms with Crippen LogP contribution in [0.25, 0.3) is 11.1 Å². The number of aryl methyl sites for hydroxylation is 2. The van der Waals surface area contributed by atoms with Crippen molar-refractivity contribution in [3.05, 3.63) is 53.1 Å². The van der Waals surface area contributed by atoms with Gasteiger partial charge in [0.1, 0.15) is 11.6 Å². The Morgan fingerprint density at radius 3 is 1.83 bits per heavy atom. The van der Waals surface area contributed by atoms with E-state index in [0.717, 1.165) is 18.2 Å². The molecular weight excluding hydrogens is 317 g/mol. The van der Waals surface area contributed by atoms with Crippen molar-refractivity contribution in [1.29, 1.82) is 0 Å². The highest BCUT2D eigenvalue weighted by Crippen LogP contribution is 2.31. The van der Waals surface area contributed by atoms with Crippen LogP contribution < -0.4 is 5.32 Å². The Morgan fingerprint density at radius 2 is 1.39 bits per heavy atom. The summed E-state index contributed by atoms with van der Waals surface area (Å²) < 4.78 is 63.5. The summed E-state index contributed by atoms with van der Waals surface area (Å²) in [5, 5.41) is 1.75. The first-order chi connectivity index (χ1) is 10.6. The molecule has 23 heavy (non-hydrogen) atoms. The van der Waals surface area contributed by atoms with E-state index in [1.165, 1.54) is 12.1 Å². The normalized spacial score (nSPS) is 11.4. The Bertz CT molecular complexity index is 724. The standard InChI is InChI=1S/C16H12F5NO/c1-8-3-13(22-15(23)16(19,20)21)4-9(2)14(8)10-5-11(17)7-12(18)6-10/h3-7H,1-2H3,(H,22,23). The molecular formula is C16H12F5NO. The van der Waals surface area contributed by atoms with E-state index < -0.39 is 23.7 Å². The molecule has 0 spiro atoms. The van der Waals surface area contributed by atoms with Crippen LogP contribution in [0, 0.1) is 25.5 Å². The maximum absolute atomic E-state index is 13.3. The molecule has 0 saturated heterocycles. The number of halogens is 5. The number of rotatable bonds is 2. The molecule has 0 heterocycles. The van der Waals surface area contributed by atoms with Crippen LogP contribution in [0.3, 0.4) is 0 Å². The number of anilines is 1. The summed E-state index contributed by atoms with van der Waals surface area (Å²) in [7, 11) is 0. The molecule has 0 unspecified atom stereocenters. The van der Waals surface area contributed by atoms with Gasteiger partial charge < -0.3 is 5.32 Å². The van der Waals surface area contributed by atoms with Gasteiger partial charge in [-0.3, -0.25) is 4.79 Å². The predicted molar refractivity (Wildman–Crippen MR) is 76.0 cm³/mol. The third-order valence-corrected chi connectivity index (χ3v) is 3.20. The van der Waals surface area contributed by atoms with Gasteiger partial charge in [-0.15, -0.1) is 0 Å². The molecule has 0 aliphatic rings. The van der Waals surface area contributed by atoms with Crippen LogP contribution in [-0.4, -0.2) is 12.1 Å². The molecule has 0 aromatic heterocycles. The minimum Gasteiger partial charge on any atom is -0.318 e. The molecule has 0 radical (unpaired) electrons. The lowest BCUT2D eigenvalue weighted by molar-refractivity contribution is -0.167. The van der Waals surface area contributed by atoms with Crippen LogP contribution in [0.15, 0.2) is 30.3 Å². The van der Waals surface area contributed by atoms with Gasteiger partial charge in [0.15, 0.2) is 0 Å². The highest BCUT2D eigenvalue weighted by atomic mass is 19.4. The Morgan fingerprint density at radius 1 is 0.913 bits per heavy atom. The quantitative estimate of drug-likeness (QED) is 0.792. The van der Waals surface area contributed by atoms with Crippen LogP contribution in [0.4, 0.5) is 27.6 Å². The summed E-state index contributed by atoms with van der Waals surface area (Å²) >= 11 is 0. The van der Waals surface area contributed by atoms with E-state index in [1.54, 1.807) is 19.2 Å². The number of alkyl halides is 3. The fourth-order valence-electron chi connectivity index (χ4n) is 2.39. The molecule has 2 rings (SSSR count). The summed E-state index contributed by atoms with van der Waals surface area (Å²) in [6, 6.07) is 5.62. The van der Waals surface area contributed by atoms with Crippen LogP contribution in [0.2, 0.25) is 0 Å². The fraction of sp³-hybridized carbons (Fsp3) is 0.188. The predicted octanol–water partition coefficient (Wildman–Crippen LogP) is 4.75. The van der Waals surface area contributed by atoms with Gasteiger partial charge in [-0.2, -0.15) is 13.2 Å². The number of amides is 1. The van der Waals surface area contributed by atoms with E-state index in [4.69, 9.17) is 0 Å². The topological polar surface area (TPSA) is 29.1 Å². The number of carbonyl (C=O) groups is 1. The molecule has 1 N–H and O–H groups in total. The van der Waals surface area contributed by atoms with Crippen molar-refractivity contribution in [3.63, 3.8) is 0 Å². The lowest BCUT2D eigenvalue weighted by atomic mass is 9.95. The first kappa shape index (κ1) is 16.9. The van der Waals surface area contributed by atoms with Gasteiger partial charge in [-0.1, -0.05) is 0 Å². The lowest BCUT2D eigenvalue weighted by Gasteiger charge is -2.14. The maximum Gasteiger partial charge on any atom is 0.471 e. The molecule has 0 bridgehead atoms. The van der Waals surface area contributed by atoms with Gasteiger partial charge in [-0.05, 0) is 60.4 Å². The molecule has 0 saturated carbocycles. The summed E-state index contributed by atoms with van der Waals surface area (Å²) in [5.41, 5.74) is 1.68. The smallest absolute Gasteiger partial charge is 0.318 e. The second-order valence-corrected chi connectivity index (χ2v) is 5.10. The van der Waals surface area contributed by atoms with E-state index >= 15 is 0 Å². The van der Waals surface area contributed by atoms with Crippen molar-refractivity contribution in [3.8, 4) is 11.1 Å². The Hall–Kier alpha value is -2.44. The van der Waals surface area contributed by atoms with Crippen molar-refractivity contribution < 1.29 is 26.7 Å². The summed E-state index contributed by atoms with van der Waals surface area (Å²) in [5.74, 6) is -3.60. The molecule has 1 amide bonds. The molecule has 0 aliphatic heterocycles. The Labute approximate surface area is 128 Å². The van der Waals surface area contributed by atoms with E-state index in [-0.39, 0.29) is 11.3 Å². The molecule has 2 aromatic rings. The zero-order valence-corrected chi connectivity index (χ0v) is 12.2. The van der Waals surface area contributed by atoms with Crippen LogP contribution in [0.1, 0.15) is 11.1 Å². The lowest BCUT2D eigenvalue weighted by Crippen LogP contribution is -2.30. The molecule has 0 fully saturated rings.